The number of primary amides is 1. The number of nitrogens with one attached hydrogen (secondary N) is 3. The number of carbonyl (C=O) groups is 5. The second-order valence-electron chi connectivity index (χ2n) is 7.29. The molecule has 9 N–H and O–H groups in total. The van der Waals surface area contributed by atoms with Gasteiger partial charge in [-0.15, -0.1) is 0 Å². The van der Waals surface area contributed by atoms with Crippen molar-refractivity contribution in [3.63, 3.8) is 0 Å². The fourth-order valence-corrected chi connectivity index (χ4v) is 2.67. The van der Waals surface area contributed by atoms with Crippen LogP contribution in [0.1, 0.15) is 40.0 Å². The van der Waals surface area contributed by atoms with Crippen molar-refractivity contribution >= 4 is 42.2 Å². The Morgan fingerprint density at radius 3 is 1.94 bits per heavy atom. The Morgan fingerprint density at radius 2 is 1.52 bits per heavy atom. The van der Waals surface area contributed by atoms with Crippen molar-refractivity contribution in [2.24, 2.45) is 17.4 Å². The first kappa shape index (κ1) is 28.6. The summed E-state index contributed by atoms with van der Waals surface area (Å²) in [6.45, 7) is 4.63. The number of aliphatic carboxylic acids is 1. The smallest absolute Gasteiger partial charge is 0.328 e. The first-order chi connectivity index (χ1) is 14.3. The molecule has 0 aliphatic rings. The fourth-order valence-electron chi connectivity index (χ4n) is 2.50. The van der Waals surface area contributed by atoms with E-state index in [-0.39, 0.29) is 18.6 Å². The summed E-state index contributed by atoms with van der Waals surface area (Å²) in [5, 5.41) is 25.8. The number of aliphatic hydroxyl groups excluding tert-OH is 1. The lowest BCUT2D eigenvalue weighted by molar-refractivity contribution is -0.145. The number of thiol groups is 1. The first-order valence-corrected chi connectivity index (χ1v) is 10.5. The van der Waals surface area contributed by atoms with E-state index in [1.54, 1.807) is 13.8 Å². The molecule has 0 saturated heterocycles. The highest BCUT2D eigenvalue weighted by Crippen LogP contribution is 2.10. The van der Waals surface area contributed by atoms with Crippen molar-refractivity contribution in [1.82, 2.24) is 16.0 Å². The number of carboxylic acids is 1. The highest BCUT2D eigenvalue weighted by atomic mass is 32.1. The lowest BCUT2D eigenvalue weighted by Crippen LogP contribution is -2.60. The van der Waals surface area contributed by atoms with Crippen molar-refractivity contribution in [1.29, 1.82) is 0 Å². The molecule has 0 heterocycles. The van der Waals surface area contributed by atoms with E-state index in [1.165, 1.54) is 6.92 Å². The van der Waals surface area contributed by atoms with Crippen molar-refractivity contribution in [3.05, 3.63) is 0 Å². The Bertz CT molecular complexity index is 661. The van der Waals surface area contributed by atoms with Gasteiger partial charge in [-0.1, -0.05) is 20.3 Å². The van der Waals surface area contributed by atoms with Crippen LogP contribution < -0.4 is 27.4 Å². The second kappa shape index (κ2) is 13.8. The van der Waals surface area contributed by atoms with Gasteiger partial charge in [0.2, 0.25) is 23.6 Å². The summed E-state index contributed by atoms with van der Waals surface area (Å²) in [7, 11) is 0. The van der Waals surface area contributed by atoms with Crippen LogP contribution in [0, 0.1) is 5.92 Å². The Balaban J connectivity index is 5.56. The molecule has 0 spiro atoms. The maximum atomic E-state index is 12.8. The Hall–Kier alpha value is -2.38. The number of hydrogen-bond donors (Lipinski definition) is 8. The predicted octanol–water partition coefficient (Wildman–Crippen LogP) is -2.53. The van der Waals surface area contributed by atoms with Crippen LogP contribution >= 0.6 is 12.6 Å². The summed E-state index contributed by atoms with van der Waals surface area (Å²) in [6, 6.07) is -4.94. The van der Waals surface area contributed by atoms with Crippen molar-refractivity contribution in [2.75, 3.05) is 5.75 Å². The van der Waals surface area contributed by atoms with Gasteiger partial charge in [0.1, 0.15) is 12.1 Å². The van der Waals surface area contributed by atoms with E-state index in [0.717, 1.165) is 0 Å². The van der Waals surface area contributed by atoms with Gasteiger partial charge in [0, 0.05) is 12.2 Å². The van der Waals surface area contributed by atoms with Crippen LogP contribution in [-0.2, 0) is 24.0 Å². The molecule has 6 atom stereocenters. The van der Waals surface area contributed by atoms with Gasteiger partial charge in [-0.2, -0.15) is 12.6 Å². The standard InChI is InChI=1S/C18H33N5O7S/c1-4-8(2)13(17(28)23-14(9(3)24)18(29)30)22-16(27)11(5-6-12(20)25)21-15(26)10(19)7-31/h8-11,13-14,24,31H,4-7,19H2,1-3H3,(H2,20,25)(H,21,26)(H,22,27)(H,23,28)(H,29,30). The largest absolute Gasteiger partial charge is 0.480 e. The number of nitrogens with two attached hydrogens (primary N) is 2. The van der Waals surface area contributed by atoms with Gasteiger partial charge >= 0.3 is 5.97 Å². The molecule has 0 aromatic rings. The van der Waals surface area contributed by atoms with E-state index in [4.69, 9.17) is 16.6 Å². The minimum Gasteiger partial charge on any atom is -0.480 e. The molecule has 0 rings (SSSR count). The molecule has 0 fully saturated rings. The molecule has 178 valence electrons. The second-order valence-corrected chi connectivity index (χ2v) is 7.66. The lowest BCUT2D eigenvalue weighted by atomic mass is 9.96. The number of amides is 4. The van der Waals surface area contributed by atoms with Gasteiger partial charge in [0.15, 0.2) is 6.04 Å². The Morgan fingerprint density at radius 1 is 0.968 bits per heavy atom. The average Bonchev–Trinajstić information content (AvgIpc) is 2.70. The van der Waals surface area contributed by atoms with Crippen LogP contribution in [0.2, 0.25) is 0 Å². The Kier molecular flexibility index (Phi) is 12.8. The summed E-state index contributed by atoms with van der Waals surface area (Å²) < 4.78 is 0. The number of hydrogen-bond acceptors (Lipinski definition) is 8. The summed E-state index contributed by atoms with van der Waals surface area (Å²) in [5.74, 6) is -4.80. The summed E-state index contributed by atoms with van der Waals surface area (Å²) >= 11 is 3.92. The van der Waals surface area contributed by atoms with E-state index >= 15 is 0 Å². The lowest BCUT2D eigenvalue weighted by Gasteiger charge is -2.28. The van der Waals surface area contributed by atoms with Gasteiger partial charge in [0.25, 0.3) is 0 Å². The van der Waals surface area contributed by atoms with Crippen LogP contribution in [-0.4, -0.2) is 75.8 Å². The van der Waals surface area contributed by atoms with Gasteiger partial charge in [-0.25, -0.2) is 4.79 Å². The minimum absolute atomic E-state index is 0.0177. The number of carbonyl (C=O) groups excluding carboxylic acids is 4. The van der Waals surface area contributed by atoms with Gasteiger partial charge in [-0.05, 0) is 19.3 Å². The van der Waals surface area contributed by atoms with Gasteiger partial charge < -0.3 is 37.6 Å². The quantitative estimate of drug-likeness (QED) is 0.128. The zero-order chi connectivity index (χ0) is 24.3. The third-order valence-corrected chi connectivity index (χ3v) is 5.08. The molecular formula is C18H33N5O7S. The van der Waals surface area contributed by atoms with E-state index < -0.39 is 65.8 Å². The molecule has 0 radical (unpaired) electrons. The average molecular weight is 464 g/mol. The normalized spacial score (nSPS) is 16.7. The van der Waals surface area contributed by atoms with Crippen molar-refractivity contribution < 1.29 is 34.2 Å². The zero-order valence-corrected chi connectivity index (χ0v) is 18.7. The summed E-state index contributed by atoms with van der Waals surface area (Å²) in [4.78, 5) is 60.0. The molecular weight excluding hydrogens is 430 g/mol. The topological polar surface area (TPSA) is 214 Å². The highest BCUT2D eigenvalue weighted by molar-refractivity contribution is 7.80. The molecule has 0 aliphatic heterocycles. The number of aliphatic hydroxyl groups is 1. The molecule has 13 heteroatoms. The fraction of sp³-hybridized carbons (Fsp3) is 0.722. The van der Waals surface area contributed by atoms with E-state index in [0.29, 0.717) is 6.42 Å². The molecule has 12 nitrogen and oxygen atoms in total. The maximum absolute atomic E-state index is 12.8. The van der Waals surface area contributed by atoms with Crippen LogP contribution in [0.3, 0.4) is 0 Å². The van der Waals surface area contributed by atoms with Crippen LogP contribution in [0.5, 0.6) is 0 Å². The third-order valence-electron chi connectivity index (χ3n) is 4.69. The van der Waals surface area contributed by atoms with Gasteiger partial charge in [-0.3, -0.25) is 19.2 Å². The summed E-state index contributed by atoms with van der Waals surface area (Å²) in [6.07, 6.45) is -1.27. The number of rotatable bonds is 14. The highest BCUT2D eigenvalue weighted by Gasteiger charge is 2.34. The third kappa shape index (κ3) is 9.98. The molecule has 6 unspecified atom stereocenters. The van der Waals surface area contributed by atoms with Crippen molar-refractivity contribution in [2.45, 2.75) is 70.3 Å². The van der Waals surface area contributed by atoms with Crippen LogP contribution in [0.25, 0.3) is 0 Å². The SMILES string of the molecule is CCC(C)C(NC(=O)C(CCC(N)=O)NC(=O)C(N)CS)C(=O)NC(C(=O)O)C(C)O. The molecule has 0 aromatic carbocycles. The zero-order valence-electron chi connectivity index (χ0n) is 17.8. The van der Waals surface area contributed by atoms with Crippen LogP contribution in [0.15, 0.2) is 0 Å². The minimum atomic E-state index is -1.57. The molecule has 0 bridgehead atoms. The molecule has 0 aliphatic carbocycles. The predicted molar refractivity (Wildman–Crippen MR) is 115 cm³/mol. The molecule has 0 aromatic heterocycles. The Labute approximate surface area is 186 Å². The summed E-state index contributed by atoms with van der Waals surface area (Å²) in [5.41, 5.74) is 10.7. The van der Waals surface area contributed by atoms with E-state index in [2.05, 4.69) is 28.6 Å². The van der Waals surface area contributed by atoms with E-state index in [1.807, 2.05) is 0 Å². The maximum Gasteiger partial charge on any atom is 0.328 e. The van der Waals surface area contributed by atoms with E-state index in [9.17, 15) is 29.1 Å². The monoisotopic (exact) mass is 463 g/mol. The first-order valence-electron chi connectivity index (χ1n) is 9.82. The van der Waals surface area contributed by atoms with Crippen molar-refractivity contribution in [3.8, 4) is 0 Å². The van der Waals surface area contributed by atoms with Gasteiger partial charge in [0.05, 0.1) is 12.1 Å². The molecule has 4 amide bonds. The molecule has 0 saturated carbocycles. The molecule has 31 heavy (non-hydrogen) atoms. The number of carboxylic acid groups (broad SMARTS) is 1. The van der Waals surface area contributed by atoms with Crippen LogP contribution in [0.4, 0.5) is 0 Å².